The maximum atomic E-state index is 12.3. The zero-order chi connectivity index (χ0) is 23.2. The van der Waals surface area contributed by atoms with E-state index < -0.39 is 0 Å². The van der Waals surface area contributed by atoms with Gasteiger partial charge in [0.15, 0.2) is 0 Å². The smallest absolute Gasteiger partial charge is 0.323 e. The van der Waals surface area contributed by atoms with Crippen LogP contribution in [-0.4, -0.2) is 21.0 Å². The van der Waals surface area contributed by atoms with Gasteiger partial charge in [0, 0.05) is 34.3 Å². The summed E-state index contributed by atoms with van der Waals surface area (Å²) in [7, 11) is 0. The molecule has 166 valence electrons. The summed E-state index contributed by atoms with van der Waals surface area (Å²) >= 11 is 6.10. The Balaban J connectivity index is 1.35. The number of aromatic nitrogens is 3. The van der Waals surface area contributed by atoms with E-state index in [-0.39, 0.29) is 6.03 Å². The molecule has 0 unspecified atom stereocenters. The average molecular weight is 460 g/mol. The van der Waals surface area contributed by atoms with Crippen molar-refractivity contribution in [1.29, 1.82) is 0 Å². The second kappa shape index (κ2) is 9.97. The molecule has 0 aliphatic carbocycles. The minimum atomic E-state index is -0.355. The first-order valence-corrected chi connectivity index (χ1v) is 10.6. The lowest BCUT2D eigenvalue weighted by Crippen LogP contribution is -2.19. The molecule has 0 aliphatic rings. The number of amides is 2. The van der Waals surface area contributed by atoms with Crippen molar-refractivity contribution in [2.24, 2.45) is 0 Å². The van der Waals surface area contributed by atoms with Crippen molar-refractivity contribution in [3.8, 4) is 0 Å². The molecule has 2 aromatic carbocycles. The van der Waals surface area contributed by atoms with Crippen molar-refractivity contribution in [3.05, 3.63) is 89.3 Å². The molecular weight excluding hydrogens is 438 g/mol. The number of hydrogen-bond donors (Lipinski definition) is 4. The van der Waals surface area contributed by atoms with Crippen molar-refractivity contribution >= 4 is 52.1 Å². The maximum Gasteiger partial charge on any atom is 0.323 e. The molecule has 0 saturated heterocycles. The summed E-state index contributed by atoms with van der Waals surface area (Å²) in [6.45, 7) is 3.90. The van der Waals surface area contributed by atoms with Crippen molar-refractivity contribution in [2.75, 3.05) is 21.3 Å². The highest BCUT2D eigenvalue weighted by molar-refractivity contribution is 6.31. The van der Waals surface area contributed by atoms with Crippen LogP contribution in [0.3, 0.4) is 0 Å². The molecule has 4 rings (SSSR count). The van der Waals surface area contributed by atoms with Crippen LogP contribution in [0.1, 0.15) is 11.1 Å². The van der Waals surface area contributed by atoms with Crippen LogP contribution < -0.4 is 21.3 Å². The minimum Gasteiger partial charge on any atom is -0.340 e. The molecule has 2 amide bonds. The Kier molecular flexibility index (Phi) is 6.66. The number of nitrogens with one attached hydrogen (secondary N) is 4. The third-order valence-electron chi connectivity index (χ3n) is 4.68. The Bertz CT molecular complexity index is 1280. The lowest BCUT2D eigenvalue weighted by atomic mass is 10.2. The number of rotatable bonds is 6. The molecule has 4 N–H and O–H groups in total. The van der Waals surface area contributed by atoms with E-state index in [9.17, 15) is 4.79 Å². The van der Waals surface area contributed by atoms with Crippen molar-refractivity contribution < 1.29 is 4.79 Å². The lowest BCUT2D eigenvalue weighted by Gasteiger charge is -2.11. The van der Waals surface area contributed by atoms with E-state index in [1.807, 2.05) is 44.2 Å². The van der Waals surface area contributed by atoms with Crippen molar-refractivity contribution in [1.82, 2.24) is 15.0 Å². The zero-order valence-corrected chi connectivity index (χ0v) is 18.8. The normalized spacial score (nSPS) is 10.4. The molecule has 0 radical (unpaired) electrons. The monoisotopic (exact) mass is 459 g/mol. The molecule has 0 bridgehead atoms. The van der Waals surface area contributed by atoms with E-state index >= 15 is 0 Å². The fourth-order valence-electron chi connectivity index (χ4n) is 2.98. The van der Waals surface area contributed by atoms with Gasteiger partial charge in [-0.2, -0.15) is 0 Å². The van der Waals surface area contributed by atoms with Gasteiger partial charge >= 0.3 is 6.03 Å². The van der Waals surface area contributed by atoms with Crippen LogP contribution in [0.4, 0.5) is 39.3 Å². The first kappa shape index (κ1) is 22.0. The van der Waals surface area contributed by atoms with Gasteiger partial charge in [0.1, 0.15) is 23.8 Å². The van der Waals surface area contributed by atoms with Crippen molar-refractivity contribution in [3.63, 3.8) is 0 Å². The zero-order valence-electron chi connectivity index (χ0n) is 18.1. The number of carbonyl (C=O) groups excluding carboxylic acids is 1. The molecule has 0 spiro atoms. The first-order chi connectivity index (χ1) is 15.9. The highest BCUT2D eigenvalue weighted by Crippen LogP contribution is 2.22. The SMILES string of the molecule is Cc1ccnc(Nc2cc(Nc3ccc(NC(=O)Nc4ccc(C)c(Cl)c4)cc3)ncn2)c1. The summed E-state index contributed by atoms with van der Waals surface area (Å²) in [4.78, 5) is 25.0. The summed E-state index contributed by atoms with van der Waals surface area (Å²) in [5.41, 5.74) is 4.13. The molecule has 0 fully saturated rings. The lowest BCUT2D eigenvalue weighted by molar-refractivity contribution is 0.262. The second-order valence-corrected chi connectivity index (χ2v) is 7.78. The van der Waals surface area contributed by atoms with Crippen LogP contribution in [0.25, 0.3) is 0 Å². The van der Waals surface area contributed by atoms with E-state index in [1.54, 1.807) is 36.5 Å². The van der Waals surface area contributed by atoms with Gasteiger partial charge in [-0.3, -0.25) is 0 Å². The Morgan fingerprint density at radius 2 is 1.36 bits per heavy atom. The second-order valence-electron chi connectivity index (χ2n) is 7.38. The molecule has 9 heteroatoms. The highest BCUT2D eigenvalue weighted by Gasteiger charge is 2.06. The number of hydrogen-bond acceptors (Lipinski definition) is 6. The third-order valence-corrected chi connectivity index (χ3v) is 5.09. The molecule has 2 heterocycles. The van der Waals surface area contributed by atoms with E-state index in [2.05, 4.69) is 36.2 Å². The van der Waals surface area contributed by atoms with Gasteiger partial charge in [0.25, 0.3) is 0 Å². The van der Waals surface area contributed by atoms with Crippen LogP contribution in [0.15, 0.2) is 73.2 Å². The molecule has 33 heavy (non-hydrogen) atoms. The predicted molar refractivity (Wildman–Crippen MR) is 133 cm³/mol. The summed E-state index contributed by atoms with van der Waals surface area (Å²) < 4.78 is 0. The summed E-state index contributed by atoms with van der Waals surface area (Å²) in [6, 6.07) is 17.9. The molecule has 0 aliphatic heterocycles. The maximum absolute atomic E-state index is 12.3. The highest BCUT2D eigenvalue weighted by atomic mass is 35.5. The van der Waals surface area contributed by atoms with Crippen LogP contribution in [-0.2, 0) is 0 Å². The third kappa shape index (κ3) is 6.18. The van der Waals surface area contributed by atoms with Crippen LogP contribution >= 0.6 is 11.6 Å². The van der Waals surface area contributed by atoms with Crippen molar-refractivity contribution in [2.45, 2.75) is 13.8 Å². The number of halogens is 1. The quantitative estimate of drug-likeness (QED) is 0.271. The standard InChI is InChI=1S/C24H22ClN7O/c1-15-9-10-26-21(11-15)32-23-13-22(27-14-28-23)29-17-5-7-18(8-6-17)30-24(33)31-19-4-3-16(2)20(25)12-19/h3-14H,1-2H3,(H2,30,31,33)(H2,26,27,28,29,32). The number of nitrogens with zero attached hydrogens (tertiary/aromatic N) is 3. The number of aryl methyl sites for hydroxylation is 2. The van der Waals surface area contributed by atoms with E-state index in [0.717, 1.165) is 16.8 Å². The fourth-order valence-corrected chi connectivity index (χ4v) is 3.16. The molecule has 0 atom stereocenters. The average Bonchev–Trinajstić information content (AvgIpc) is 2.78. The van der Waals surface area contributed by atoms with E-state index in [0.29, 0.717) is 33.9 Å². The number of pyridine rings is 1. The van der Waals surface area contributed by atoms with Crippen LogP contribution in [0, 0.1) is 13.8 Å². The topological polar surface area (TPSA) is 104 Å². The number of anilines is 6. The largest absolute Gasteiger partial charge is 0.340 e. The van der Waals surface area contributed by atoms with Crippen LogP contribution in [0.5, 0.6) is 0 Å². The molecule has 8 nitrogen and oxygen atoms in total. The number of carbonyl (C=O) groups is 1. The predicted octanol–water partition coefficient (Wildman–Crippen LogP) is 6.27. The van der Waals surface area contributed by atoms with Crippen LogP contribution in [0.2, 0.25) is 5.02 Å². The number of urea groups is 1. The fraction of sp³-hybridized carbons (Fsp3) is 0.0833. The van der Waals surface area contributed by atoms with Gasteiger partial charge < -0.3 is 21.3 Å². The van der Waals surface area contributed by atoms with Gasteiger partial charge in [0.2, 0.25) is 0 Å². The summed E-state index contributed by atoms with van der Waals surface area (Å²) in [5.74, 6) is 1.95. The summed E-state index contributed by atoms with van der Waals surface area (Å²) in [6.07, 6.45) is 3.21. The minimum absolute atomic E-state index is 0.355. The first-order valence-electron chi connectivity index (χ1n) is 10.2. The van der Waals surface area contributed by atoms with Gasteiger partial charge in [-0.05, 0) is 73.5 Å². The van der Waals surface area contributed by atoms with E-state index in [4.69, 9.17) is 11.6 Å². The molecular formula is C24H22ClN7O. The van der Waals surface area contributed by atoms with Gasteiger partial charge in [-0.25, -0.2) is 19.7 Å². The van der Waals surface area contributed by atoms with Gasteiger partial charge in [-0.15, -0.1) is 0 Å². The summed E-state index contributed by atoms with van der Waals surface area (Å²) in [5, 5.41) is 12.5. The van der Waals surface area contributed by atoms with Gasteiger partial charge in [0.05, 0.1) is 0 Å². The Morgan fingerprint density at radius 1 is 0.727 bits per heavy atom. The molecule has 0 saturated carbocycles. The Labute approximate surface area is 196 Å². The molecule has 4 aromatic rings. The van der Waals surface area contributed by atoms with Gasteiger partial charge in [-0.1, -0.05) is 17.7 Å². The Hall–Kier alpha value is -4.17. The number of benzene rings is 2. The Morgan fingerprint density at radius 3 is 2.09 bits per heavy atom. The molecule has 2 aromatic heterocycles. The van der Waals surface area contributed by atoms with E-state index in [1.165, 1.54) is 6.33 Å².